The molecule has 0 aliphatic carbocycles. The van der Waals surface area contributed by atoms with E-state index in [0.29, 0.717) is 11.4 Å². The molecule has 0 unspecified atom stereocenters. The first kappa shape index (κ1) is 22.4. The highest BCUT2D eigenvalue weighted by Crippen LogP contribution is 2.30. The van der Waals surface area contributed by atoms with Crippen LogP contribution in [0.4, 0.5) is 5.69 Å². The Bertz CT molecular complexity index is 1080. The fraction of sp³-hybridized carbons (Fsp3) is 0.261. The van der Waals surface area contributed by atoms with E-state index in [2.05, 4.69) is 23.2 Å². The Balaban J connectivity index is 1.81. The van der Waals surface area contributed by atoms with E-state index in [0.717, 1.165) is 22.0 Å². The van der Waals surface area contributed by atoms with Crippen LogP contribution in [0.3, 0.4) is 0 Å². The molecule has 0 bridgehead atoms. The lowest BCUT2D eigenvalue weighted by Crippen LogP contribution is -2.35. The van der Waals surface area contributed by atoms with Crippen LogP contribution in [-0.4, -0.2) is 40.8 Å². The van der Waals surface area contributed by atoms with Gasteiger partial charge < -0.3 is 15.4 Å². The lowest BCUT2D eigenvalue weighted by atomic mass is 10.1. The van der Waals surface area contributed by atoms with Crippen LogP contribution in [0.15, 0.2) is 60.0 Å². The average Bonchev–Trinajstić information content (AvgIpc) is 3.22. The van der Waals surface area contributed by atoms with E-state index in [-0.39, 0.29) is 24.6 Å². The molecule has 0 radical (unpaired) electrons. The van der Waals surface area contributed by atoms with Crippen LogP contribution < -0.4 is 15.4 Å². The van der Waals surface area contributed by atoms with Gasteiger partial charge in [-0.25, -0.2) is 4.98 Å². The summed E-state index contributed by atoms with van der Waals surface area (Å²) < 4.78 is 7.38. The molecule has 8 heteroatoms. The number of nitrogens with two attached hydrogens (primary N) is 1. The number of aromatic nitrogens is 2. The van der Waals surface area contributed by atoms with Gasteiger partial charge in [0.25, 0.3) is 0 Å². The molecule has 1 aromatic heterocycles. The third kappa shape index (κ3) is 5.46. The standard InChI is InChI=1S/C23H26N4O3S/c1-16-8-9-17(2)19(14-16)27-13-11-25-23(27)31-15-22(29)26(12-10-21(24)28)18-6-4-5-7-20(18)30-3/h4-9,11,13-14H,10,12,15H2,1-3H3,(H2,24,28). The summed E-state index contributed by atoms with van der Waals surface area (Å²) in [7, 11) is 1.55. The number of amides is 2. The molecule has 0 fully saturated rings. The third-order valence-electron chi connectivity index (χ3n) is 4.81. The zero-order valence-electron chi connectivity index (χ0n) is 17.9. The van der Waals surface area contributed by atoms with Crippen molar-refractivity contribution < 1.29 is 14.3 Å². The minimum Gasteiger partial charge on any atom is -0.495 e. The van der Waals surface area contributed by atoms with Gasteiger partial charge in [0, 0.05) is 25.4 Å². The molecule has 2 amide bonds. The third-order valence-corrected chi connectivity index (χ3v) is 5.77. The second kappa shape index (κ2) is 10.2. The minimum absolute atomic E-state index is 0.0611. The molecule has 0 atom stereocenters. The normalized spacial score (nSPS) is 10.7. The quantitative estimate of drug-likeness (QED) is 0.517. The van der Waals surface area contributed by atoms with Gasteiger partial charge in [0.1, 0.15) is 5.75 Å². The number of imidazole rings is 1. The largest absolute Gasteiger partial charge is 0.495 e. The summed E-state index contributed by atoms with van der Waals surface area (Å²) in [5, 5.41) is 0.719. The van der Waals surface area contributed by atoms with Crippen molar-refractivity contribution in [3.05, 3.63) is 66.0 Å². The van der Waals surface area contributed by atoms with E-state index < -0.39 is 5.91 Å². The number of rotatable bonds is 9. The molecule has 2 N–H and O–H groups in total. The number of thioether (sulfide) groups is 1. The zero-order chi connectivity index (χ0) is 22.4. The van der Waals surface area contributed by atoms with Crippen molar-refractivity contribution >= 4 is 29.3 Å². The highest BCUT2D eigenvalue weighted by Gasteiger charge is 2.21. The van der Waals surface area contributed by atoms with Gasteiger partial charge in [0.05, 0.1) is 24.2 Å². The van der Waals surface area contributed by atoms with Crippen molar-refractivity contribution in [1.29, 1.82) is 0 Å². The summed E-state index contributed by atoms with van der Waals surface area (Å²) in [6.07, 6.45) is 3.67. The van der Waals surface area contributed by atoms with Crippen molar-refractivity contribution in [3.63, 3.8) is 0 Å². The monoisotopic (exact) mass is 438 g/mol. The van der Waals surface area contributed by atoms with Gasteiger partial charge in [-0.1, -0.05) is 36.0 Å². The van der Waals surface area contributed by atoms with Crippen LogP contribution in [0.1, 0.15) is 17.5 Å². The van der Waals surface area contributed by atoms with Gasteiger partial charge in [-0.05, 0) is 43.2 Å². The number of hydrogen-bond donors (Lipinski definition) is 1. The predicted octanol–water partition coefficient (Wildman–Crippen LogP) is 3.50. The molecule has 162 valence electrons. The fourth-order valence-electron chi connectivity index (χ4n) is 3.22. The summed E-state index contributed by atoms with van der Waals surface area (Å²) in [5.41, 5.74) is 9.23. The van der Waals surface area contributed by atoms with Crippen LogP contribution in [0, 0.1) is 13.8 Å². The maximum absolute atomic E-state index is 13.1. The molecule has 1 heterocycles. The van der Waals surface area contributed by atoms with Crippen molar-refractivity contribution in [3.8, 4) is 11.4 Å². The van der Waals surface area contributed by atoms with Crippen molar-refractivity contribution in [1.82, 2.24) is 9.55 Å². The number of primary amides is 1. The van der Waals surface area contributed by atoms with Crippen molar-refractivity contribution in [2.45, 2.75) is 25.4 Å². The Morgan fingerprint density at radius 2 is 1.97 bits per heavy atom. The Kier molecular flexibility index (Phi) is 7.36. The van der Waals surface area contributed by atoms with Gasteiger partial charge in [0.15, 0.2) is 5.16 Å². The number of ether oxygens (including phenoxy) is 1. The first-order valence-corrected chi connectivity index (χ1v) is 10.8. The number of methoxy groups -OCH3 is 1. The van der Waals surface area contributed by atoms with Gasteiger partial charge in [-0.2, -0.15) is 0 Å². The van der Waals surface area contributed by atoms with E-state index in [4.69, 9.17) is 10.5 Å². The molecular weight excluding hydrogens is 412 g/mol. The molecule has 31 heavy (non-hydrogen) atoms. The molecule has 0 aliphatic heterocycles. The molecular formula is C23H26N4O3S. The van der Waals surface area contributed by atoms with E-state index in [1.165, 1.54) is 11.8 Å². The molecule has 0 spiro atoms. The van der Waals surface area contributed by atoms with Crippen LogP contribution in [0.2, 0.25) is 0 Å². The molecule has 3 aromatic rings. The van der Waals surface area contributed by atoms with E-state index in [1.54, 1.807) is 30.3 Å². The Hall–Kier alpha value is -3.26. The SMILES string of the molecule is COc1ccccc1N(CCC(N)=O)C(=O)CSc1nccn1-c1cc(C)ccc1C. The second-order valence-electron chi connectivity index (χ2n) is 7.09. The van der Waals surface area contributed by atoms with Gasteiger partial charge in [-0.3, -0.25) is 14.2 Å². The van der Waals surface area contributed by atoms with E-state index >= 15 is 0 Å². The zero-order valence-corrected chi connectivity index (χ0v) is 18.7. The summed E-state index contributed by atoms with van der Waals surface area (Å²) in [6.45, 7) is 4.27. The number of carbonyl (C=O) groups is 2. The molecule has 2 aromatic carbocycles. The van der Waals surface area contributed by atoms with Crippen LogP contribution >= 0.6 is 11.8 Å². The van der Waals surface area contributed by atoms with Gasteiger partial charge in [-0.15, -0.1) is 0 Å². The molecule has 7 nitrogen and oxygen atoms in total. The first-order valence-electron chi connectivity index (χ1n) is 9.86. The molecule has 3 rings (SSSR count). The minimum atomic E-state index is -0.467. The number of hydrogen-bond acceptors (Lipinski definition) is 5. The number of nitrogens with zero attached hydrogens (tertiary/aromatic N) is 3. The fourth-order valence-corrected chi connectivity index (χ4v) is 4.06. The topological polar surface area (TPSA) is 90.4 Å². The molecule has 0 saturated carbocycles. The predicted molar refractivity (Wildman–Crippen MR) is 123 cm³/mol. The average molecular weight is 439 g/mol. The number of carbonyl (C=O) groups excluding carboxylic acids is 2. The number of aryl methyl sites for hydroxylation is 2. The summed E-state index contributed by atoms with van der Waals surface area (Å²) in [4.78, 5) is 30.5. The lowest BCUT2D eigenvalue weighted by molar-refractivity contribution is -0.118. The van der Waals surface area contributed by atoms with Crippen LogP contribution in [0.25, 0.3) is 5.69 Å². The Morgan fingerprint density at radius 1 is 1.19 bits per heavy atom. The Morgan fingerprint density at radius 3 is 2.71 bits per heavy atom. The highest BCUT2D eigenvalue weighted by atomic mass is 32.2. The van der Waals surface area contributed by atoms with E-state index in [9.17, 15) is 9.59 Å². The maximum Gasteiger partial charge on any atom is 0.237 e. The number of anilines is 1. The first-order chi connectivity index (χ1) is 14.9. The smallest absolute Gasteiger partial charge is 0.237 e. The molecule has 0 aliphatic rings. The number of benzene rings is 2. The van der Waals surface area contributed by atoms with Crippen molar-refractivity contribution in [2.24, 2.45) is 5.73 Å². The lowest BCUT2D eigenvalue weighted by Gasteiger charge is -2.24. The summed E-state index contributed by atoms with van der Waals surface area (Å²) in [6, 6.07) is 13.4. The second-order valence-corrected chi connectivity index (χ2v) is 8.03. The van der Waals surface area contributed by atoms with E-state index in [1.807, 2.05) is 36.7 Å². The van der Waals surface area contributed by atoms with Crippen LogP contribution in [-0.2, 0) is 9.59 Å². The van der Waals surface area contributed by atoms with Crippen molar-refractivity contribution in [2.75, 3.05) is 24.3 Å². The number of para-hydroxylation sites is 2. The van der Waals surface area contributed by atoms with Crippen LogP contribution in [0.5, 0.6) is 5.75 Å². The summed E-state index contributed by atoms with van der Waals surface area (Å²) >= 11 is 1.35. The Labute approximate surface area is 186 Å². The van der Waals surface area contributed by atoms with Gasteiger partial charge in [0.2, 0.25) is 11.8 Å². The molecule has 0 saturated heterocycles. The summed E-state index contributed by atoms with van der Waals surface area (Å²) in [5.74, 6) is 0.0814. The highest BCUT2D eigenvalue weighted by molar-refractivity contribution is 7.99. The van der Waals surface area contributed by atoms with Gasteiger partial charge >= 0.3 is 0 Å². The maximum atomic E-state index is 13.1.